The van der Waals surface area contributed by atoms with Crippen LogP contribution in [0.15, 0.2) is 18.2 Å². The predicted octanol–water partition coefficient (Wildman–Crippen LogP) is 3.93. The molecule has 0 saturated carbocycles. The van der Waals surface area contributed by atoms with E-state index in [9.17, 15) is 0 Å². The second-order valence-corrected chi connectivity index (χ2v) is 5.74. The Kier molecular flexibility index (Phi) is 4.90. The number of halogens is 1. The Hall–Kier alpha value is -0.730. The first-order chi connectivity index (χ1) is 8.69. The van der Waals surface area contributed by atoms with E-state index in [1.165, 1.54) is 44.3 Å². The van der Waals surface area contributed by atoms with Gasteiger partial charge in [0.2, 0.25) is 0 Å². The summed E-state index contributed by atoms with van der Waals surface area (Å²) < 4.78 is 0. The third kappa shape index (κ3) is 3.63. The second-order valence-electron chi connectivity index (χ2n) is 5.33. The Bertz CT molecular complexity index is 392. The average molecular weight is 267 g/mol. The molecule has 0 amide bonds. The summed E-state index contributed by atoms with van der Waals surface area (Å²) in [5.41, 5.74) is 7.66. The van der Waals surface area contributed by atoms with E-state index in [4.69, 9.17) is 17.3 Å². The van der Waals surface area contributed by atoms with Crippen molar-refractivity contribution in [1.29, 1.82) is 0 Å². The van der Waals surface area contributed by atoms with Crippen molar-refractivity contribution in [3.63, 3.8) is 0 Å². The number of benzene rings is 1. The van der Waals surface area contributed by atoms with Gasteiger partial charge in [-0.2, -0.15) is 0 Å². The van der Waals surface area contributed by atoms with Gasteiger partial charge in [0.1, 0.15) is 0 Å². The Morgan fingerprint density at radius 3 is 2.89 bits per heavy atom. The molecule has 1 fully saturated rings. The van der Waals surface area contributed by atoms with Gasteiger partial charge in [-0.15, -0.1) is 0 Å². The topological polar surface area (TPSA) is 29.3 Å². The van der Waals surface area contributed by atoms with Gasteiger partial charge in [-0.1, -0.05) is 31.0 Å². The lowest BCUT2D eigenvalue weighted by atomic mass is 9.98. The van der Waals surface area contributed by atoms with Crippen LogP contribution in [0.5, 0.6) is 0 Å². The van der Waals surface area contributed by atoms with Crippen molar-refractivity contribution in [2.75, 3.05) is 18.8 Å². The number of anilines is 1. The summed E-state index contributed by atoms with van der Waals surface area (Å²) in [6.07, 6.45) is 5.33. The standard InChI is InChI=1S/C15H23ClN2/c1-2-12-4-3-8-18(9-7-12)11-13-5-6-14(17)10-15(13)16/h5-6,10,12H,2-4,7-9,11,17H2,1H3. The smallest absolute Gasteiger partial charge is 0.0471 e. The maximum atomic E-state index is 6.24. The summed E-state index contributed by atoms with van der Waals surface area (Å²) in [6, 6.07) is 5.84. The van der Waals surface area contributed by atoms with Crippen molar-refractivity contribution >= 4 is 17.3 Å². The summed E-state index contributed by atoms with van der Waals surface area (Å²) >= 11 is 6.24. The highest BCUT2D eigenvalue weighted by atomic mass is 35.5. The van der Waals surface area contributed by atoms with Crippen molar-refractivity contribution in [3.8, 4) is 0 Å². The van der Waals surface area contributed by atoms with E-state index in [2.05, 4.69) is 17.9 Å². The Balaban J connectivity index is 1.96. The van der Waals surface area contributed by atoms with Crippen molar-refractivity contribution < 1.29 is 0 Å². The van der Waals surface area contributed by atoms with Gasteiger partial charge in [0.25, 0.3) is 0 Å². The zero-order valence-electron chi connectivity index (χ0n) is 11.2. The molecule has 1 aromatic rings. The molecule has 2 nitrogen and oxygen atoms in total. The van der Waals surface area contributed by atoms with Crippen LogP contribution in [0.3, 0.4) is 0 Å². The first kappa shape index (κ1) is 13.7. The van der Waals surface area contributed by atoms with Crippen molar-refractivity contribution in [3.05, 3.63) is 28.8 Å². The molecule has 1 unspecified atom stereocenters. The minimum absolute atomic E-state index is 0.741. The highest BCUT2D eigenvalue weighted by Gasteiger charge is 2.16. The number of hydrogen-bond donors (Lipinski definition) is 1. The monoisotopic (exact) mass is 266 g/mol. The molecule has 1 aliphatic rings. The molecule has 0 aliphatic carbocycles. The quantitative estimate of drug-likeness (QED) is 0.840. The summed E-state index contributed by atoms with van der Waals surface area (Å²) in [7, 11) is 0. The van der Waals surface area contributed by atoms with E-state index in [1.807, 2.05) is 12.1 Å². The molecule has 2 N–H and O–H groups in total. The van der Waals surface area contributed by atoms with Gasteiger partial charge in [0, 0.05) is 17.3 Å². The van der Waals surface area contributed by atoms with E-state index in [1.54, 1.807) is 0 Å². The Morgan fingerprint density at radius 2 is 2.17 bits per heavy atom. The number of likely N-dealkylation sites (tertiary alicyclic amines) is 1. The summed E-state index contributed by atoms with van der Waals surface area (Å²) in [6.45, 7) is 5.64. The molecule has 18 heavy (non-hydrogen) atoms. The van der Waals surface area contributed by atoms with Crippen LogP contribution in [0.25, 0.3) is 0 Å². The van der Waals surface area contributed by atoms with Gasteiger partial charge >= 0.3 is 0 Å². The summed E-state index contributed by atoms with van der Waals surface area (Å²) in [4.78, 5) is 2.52. The number of nitrogens with zero attached hydrogens (tertiary/aromatic N) is 1. The lowest BCUT2D eigenvalue weighted by Gasteiger charge is -2.21. The Morgan fingerprint density at radius 1 is 1.33 bits per heavy atom. The summed E-state index contributed by atoms with van der Waals surface area (Å²) in [5, 5.41) is 0.797. The molecular weight excluding hydrogens is 244 g/mol. The molecule has 0 bridgehead atoms. The fraction of sp³-hybridized carbons (Fsp3) is 0.600. The number of rotatable bonds is 3. The lowest BCUT2D eigenvalue weighted by Crippen LogP contribution is -2.24. The molecule has 0 spiro atoms. The normalized spacial score (nSPS) is 21.8. The molecule has 1 aromatic carbocycles. The second kappa shape index (κ2) is 6.44. The highest BCUT2D eigenvalue weighted by molar-refractivity contribution is 6.31. The molecule has 1 atom stereocenters. The maximum Gasteiger partial charge on any atom is 0.0471 e. The van der Waals surface area contributed by atoms with E-state index < -0.39 is 0 Å². The molecule has 1 heterocycles. The summed E-state index contributed by atoms with van der Waals surface area (Å²) in [5.74, 6) is 0.914. The van der Waals surface area contributed by atoms with Crippen LogP contribution in [0.2, 0.25) is 5.02 Å². The van der Waals surface area contributed by atoms with Gasteiger partial charge in [-0.05, 0) is 56.0 Å². The van der Waals surface area contributed by atoms with E-state index in [0.717, 1.165) is 23.2 Å². The highest BCUT2D eigenvalue weighted by Crippen LogP contribution is 2.24. The van der Waals surface area contributed by atoms with Crippen LogP contribution in [-0.4, -0.2) is 18.0 Å². The number of hydrogen-bond acceptors (Lipinski definition) is 2. The minimum Gasteiger partial charge on any atom is -0.399 e. The van der Waals surface area contributed by atoms with Gasteiger partial charge < -0.3 is 5.73 Å². The molecule has 0 radical (unpaired) electrons. The lowest BCUT2D eigenvalue weighted by molar-refractivity contribution is 0.272. The van der Waals surface area contributed by atoms with Crippen LogP contribution in [0, 0.1) is 5.92 Å². The van der Waals surface area contributed by atoms with Gasteiger partial charge in [0.05, 0.1) is 0 Å². The molecule has 1 saturated heterocycles. The Labute approximate surface area is 115 Å². The minimum atomic E-state index is 0.741. The number of nitrogens with two attached hydrogens (primary N) is 1. The fourth-order valence-corrected chi connectivity index (χ4v) is 2.97. The number of nitrogen functional groups attached to an aromatic ring is 1. The van der Waals surface area contributed by atoms with Gasteiger partial charge in [0.15, 0.2) is 0 Å². The third-order valence-corrected chi connectivity index (χ3v) is 4.34. The zero-order chi connectivity index (χ0) is 13.0. The van der Waals surface area contributed by atoms with Gasteiger partial charge in [-0.25, -0.2) is 0 Å². The fourth-order valence-electron chi connectivity index (χ4n) is 2.72. The van der Waals surface area contributed by atoms with Crippen LogP contribution in [0.1, 0.15) is 38.2 Å². The first-order valence-corrected chi connectivity index (χ1v) is 7.33. The molecule has 2 rings (SSSR count). The zero-order valence-corrected chi connectivity index (χ0v) is 11.9. The van der Waals surface area contributed by atoms with Crippen molar-refractivity contribution in [2.45, 2.75) is 39.2 Å². The molecule has 0 aromatic heterocycles. The first-order valence-electron chi connectivity index (χ1n) is 6.95. The van der Waals surface area contributed by atoms with Crippen LogP contribution in [0.4, 0.5) is 5.69 Å². The molecule has 3 heteroatoms. The molecular formula is C15H23ClN2. The van der Waals surface area contributed by atoms with Crippen LogP contribution < -0.4 is 5.73 Å². The SMILES string of the molecule is CCC1CCCN(Cc2ccc(N)cc2Cl)CC1. The predicted molar refractivity (Wildman–Crippen MR) is 78.8 cm³/mol. The van der Waals surface area contributed by atoms with Crippen LogP contribution in [-0.2, 0) is 6.54 Å². The largest absolute Gasteiger partial charge is 0.399 e. The van der Waals surface area contributed by atoms with E-state index in [-0.39, 0.29) is 0 Å². The average Bonchev–Trinajstić information content (AvgIpc) is 2.58. The van der Waals surface area contributed by atoms with E-state index in [0.29, 0.717) is 0 Å². The van der Waals surface area contributed by atoms with Crippen LogP contribution >= 0.6 is 11.6 Å². The molecule has 1 aliphatic heterocycles. The molecule has 100 valence electrons. The third-order valence-electron chi connectivity index (χ3n) is 3.99. The van der Waals surface area contributed by atoms with E-state index >= 15 is 0 Å². The van der Waals surface area contributed by atoms with Gasteiger partial charge in [-0.3, -0.25) is 4.90 Å². The van der Waals surface area contributed by atoms with Crippen molar-refractivity contribution in [1.82, 2.24) is 4.90 Å². The maximum absolute atomic E-state index is 6.24. The van der Waals surface area contributed by atoms with Crippen molar-refractivity contribution in [2.24, 2.45) is 5.92 Å².